The topological polar surface area (TPSA) is 73.1 Å². The van der Waals surface area contributed by atoms with Gasteiger partial charge in [-0.25, -0.2) is 4.98 Å². The molecule has 0 atom stereocenters. The lowest BCUT2D eigenvalue weighted by Gasteiger charge is -2.19. The van der Waals surface area contributed by atoms with Gasteiger partial charge < -0.3 is 15.8 Å². The number of ether oxygens (including phenoxy) is 1. The molecule has 0 aliphatic carbocycles. The molecule has 0 aromatic carbocycles. The summed E-state index contributed by atoms with van der Waals surface area (Å²) in [4.78, 5) is 8.39. The van der Waals surface area contributed by atoms with Gasteiger partial charge in [0.15, 0.2) is 11.6 Å². The van der Waals surface area contributed by atoms with Crippen molar-refractivity contribution in [2.75, 3.05) is 24.2 Å². The van der Waals surface area contributed by atoms with E-state index in [0.29, 0.717) is 5.95 Å². The number of nitrogens with one attached hydrogen (secondary N) is 1. The highest BCUT2D eigenvalue weighted by molar-refractivity contribution is 5.55. The number of unbranched alkanes of at least 4 members (excludes halogenated alkanes) is 1. The first-order chi connectivity index (χ1) is 7.81. The second kappa shape index (κ2) is 5.01. The summed E-state index contributed by atoms with van der Waals surface area (Å²) >= 11 is 0. The molecule has 1 aromatic rings. The smallest absolute Gasteiger partial charge is 0.222 e. The first-order valence-corrected chi connectivity index (χ1v) is 5.84. The van der Waals surface area contributed by atoms with Crippen molar-refractivity contribution in [3.8, 4) is 5.75 Å². The van der Waals surface area contributed by atoms with Crippen LogP contribution in [-0.2, 0) is 6.42 Å². The molecule has 2 rings (SSSR count). The highest BCUT2D eigenvalue weighted by Gasteiger charge is 2.18. The van der Waals surface area contributed by atoms with Crippen LogP contribution in [0.1, 0.15) is 31.9 Å². The Labute approximate surface area is 95.4 Å². The summed E-state index contributed by atoms with van der Waals surface area (Å²) in [5.74, 6) is 1.86. The van der Waals surface area contributed by atoms with E-state index in [0.717, 1.165) is 56.1 Å². The van der Waals surface area contributed by atoms with Crippen LogP contribution in [0.25, 0.3) is 0 Å². The summed E-state index contributed by atoms with van der Waals surface area (Å²) in [5, 5.41) is 3.26. The van der Waals surface area contributed by atoms with E-state index in [9.17, 15) is 0 Å². The van der Waals surface area contributed by atoms with Crippen molar-refractivity contribution in [3.63, 3.8) is 0 Å². The molecule has 0 fully saturated rings. The van der Waals surface area contributed by atoms with Crippen molar-refractivity contribution in [2.45, 2.75) is 32.6 Å². The zero-order valence-electron chi connectivity index (χ0n) is 9.62. The Balaban J connectivity index is 2.18. The van der Waals surface area contributed by atoms with Crippen LogP contribution in [0, 0.1) is 0 Å². The van der Waals surface area contributed by atoms with E-state index in [1.54, 1.807) is 0 Å². The van der Waals surface area contributed by atoms with Crippen molar-refractivity contribution < 1.29 is 4.74 Å². The second-order valence-electron chi connectivity index (χ2n) is 3.94. The summed E-state index contributed by atoms with van der Waals surface area (Å²) in [7, 11) is 0. The highest BCUT2D eigenvalue weighted by atomic mass is 16.5. The van der Waals surface area contributed by atoms with Crippen LogP contribution in [0.2, 0.25) is 0 Å². The molecule has 1 aliphatic rings. The first kappa shape index (κ1) is 11.0. The standard InChI is InChI=1S/C11H18N4O/c1-2-3-6-13-10-9-8(5-4-7-16-9)14-11(12)15-10/h2-7H2,1H3,(H3,12,13,14,15). The molecule has 0 amide bonds. The number of aryl methyl sites for hydroxylation is 1. The van der Waals surface area contributed by atoms with E-state index in [1.807, 2.05) is 0 Å². The SMILES string of the molecule is CCCCNc1nc(N)nc2c1OCCC2. The molecule has 5 heteroatoms. The van der Waals surface area contributed by atoms with Gasteiger partial charge in [0.2, 0.25) is 5.95 Å². The highest BCUT2D eigenvalue weighted by Crippen LogP contribution is 2.30. The number of nitrogens with two attached hydrogens (primary N) is 1. The number of rotatable bonds is 4. The number of anilines is 2. The lowest BCUT2D eigenvalue weighted by Crippen LogP contribution is -2.16. The Morgan fingerprint density at radius 1 is 1.44 bits per heavy atom. The molecule has 16 heavy (non-hydrogen) atoms. The summed E-state index contributed by atoms with van der Waals surface area (Å²) in [6.45, 7) is 3.79. The van der Waals surface area contributed by atoms with Crippen molar-refractivity contribution in [1.29, 1.82) is 0 Å². The van der Waals surface area contributed by atoms with Crippen molar-refractivity contribution in [3.05, 3.63) is 5.69 Å². The molecular weight excluding hydrogens is 204 g/mol. The average Bonchev–Trinajstić information content (AvgIpc) is 2.29. The van der Waals surface area contributed by atoms with Gasteiger partial charge in [-0.05, 0) is 19.3 Å². The van der Waals surface area contributed by atoms with Crippen LogP contribution in [0.5, 0.6) is 5.75 Å². The third kappa shape index (κ3) is 2.35. The van der Waals surface area contributed by atoms with Gasteiger partial charge in [0.05, 0.1) is 12.3 Å². The van der Waals surface area contributed by atoms with Gasteiger partial charge in [0.1, 0.15) is 0 Å². The molecule has 2 heterocycles. The average molecular weight is 222 g/mol. The van der Waals surface area contributed by atoms with Crippen LogP contribution in [0.3, 0.4) is 0 Å². The Morgan fingerprint density at radius 2 is 2.31 bits per heavy atom. The van der Waals surface area contributed by atoms with Gasteiger partial charge in [-0.15, -0.1) is 0 Å². The Hall–Kier alpha value is -1.52. The molecule has 88 valence electrons. The fraction of sp³-hybridized carbons (Fsp3) is 0.636. The lowest BCUT2D eigenvalue weighted by atomic mass is 10.2. The minimum atomic E-state index is 0.322. The monoisotopic (exact) mass is 222 g/mol. The molecule has 5 nitrogen and oxygen atoms in total. The van der Waals surface area contributed by atoms with Gasteiger partial charge >= 0.3 is 0 Å². The summed E-state index contributed by atoms with van der Waals surface area (Å²) in [6.07, 6.45) is 4.18. The van der Waals surface area contributed by atoms with Crippen molar-refractivity contribution in [2.24, 2.45) is 0 Å². The zero-order chi connectivity index (χ0) is 11.4. The minimum absolute atomic E-state index is 0.322. The normalized spacial score (nSPS) is 14.1. The molecule has 1 aliphatic heterocycles. The quantitative estimate of drug-likeness (QED) is 0.757. The number of nitrogens with zero attached hydrogens (tertiary/aromatic N) is 2. The predicted molar refractivity (Wildman–Crippen MR) is 63.7 cm³/mol. The lowest BCUT2D eigenvalue weighted by molar-refractivity contribution is 0.285. The maximum Gasteiger partial charge on any atom is 0.222 e. The maximum absolute atomic E-state index is 5.67. The molecule has 0 unspecified atom stereocenters. The number of aromatic nitrogens is 2. The van der Waals surface area contributed by atoms with Crippen LogP contribution in [0.15, 0.2) is 0 Å². The fourth-order valence-electron chi connectivity index (χ4n) is 1.75. The fourth-order valence-corrected chi connectivity index (χ4v) is 1.75. The second-order valence-corrected chi connectivity index (χ2v) is 3.94. The third-order valence-electron chi connectivity index (χ3n) is 2.58. The predicted octanol–water partition coefficient (Wildman–Crippen LogP) is 1.60. The zero-order valence-corrected chi connectivity index (χ0v) is 9.62. The van der Waals surface area contributed by atoms with Gasteiger partial charge in [0, 0.05) is 6.54 Å². The van der Waals surface area contributed by atoms with Crippen molar-refractivity contribution >= 4 is 11.8 Å². The molecule has 0 radical (unpaired) electrons. The molecule has 0 bridgehead atoms. The van der Waals surface area contributed by atoms with E-state index in [1.165, 1.54) is 0 Å². The molecule has 3 N–H and O–H groups in total. The van der Waals surface area contributed by atoms with E-state index in [-0.39, 0.29) is 0 Å². The van der Waals surface area contributed by atoms with Crippen LogP contribution < -0.4 is 15.8 Å². The molecule has 0 saturated carbocycles. The van der Waals surface area contributed by atoms with Crippen LogP contribution in [-0.4, -0.2) is 23.1 Å². The summed E-state index contributed by atoms with van der Waals surface area (Å²) in [5.41, 5.74) is 6.60. The molecule has 1 aromatic heterocycles. The first-order valence-electron chi connectivity index (χ1n) is 5.84. The maximum atomic E-state index is 5.67. The molecule has 0 saturated heterocycles. The van der Waals surface area contributed by atoms with E-state index >= 15 is 0 Å². The van der Waals surface area contributed by atoms with E-state index in [4.69, 9.17) is 10.5 Å². The molecule has 0 spiro atoms. The van der Waals surface area contributed by atoms with Crippen molar-refractivity contribution in [1.82, 2.24) is 9.97 Å². The number of hydrogen-bond acceptors (Lipinski definition) is 5. The summed E-state index contributed by atoms with van der Waals surface area (Å²) < 4.78 is 5.60. The van der Waals surface area contributed by atoms with Crippen LogP contribution >= 0.6 is 0 Å². The third-order valence-corrected chi connectivity index (χ3v) is 2.58. The minimum Gasteiger partial charge on any atom is -0.488 e. The van der Waals surface area contributed by atoms with Gasteiger partial charge in [-0.1, -0.05) is 13.3 Å². The summed E-state index contributed by atoms with van der Waals surface area (Å²) in [6, 6.07) is 0. The Morgan fingerprint density at radius 3 is 3.12 bits per heavy atom. The van der Waals surface area contributed by atoms with Crippen LogP contribution in [0.4, 0.5) is 11.8 Å². The largest absolute Gasteiger partial charge is 0.488 e. The van der Waals surface area contributed by atoms with E-state index in [2.05, 4.69) is 22.2 Å². The number of hydrogen-bond donors (Lipinski definition) is 2. The van der Waals surface area contributed by atoms with Gasteiger partial charge in [-0.2, -0.15) is 4.98 Å². The van der Waals surface area contributed by atoms with Gasteiger partial charge in [0.25, 0.3) is 0 Å². The Kier molecular flexibility index (Phi) is 3.44. The number of fused-ring (bicyclic) bond motifs is 1. The molecular formula is C11H18N4O. The van der Waals surface area contributed by atoms with Gasteiger partial charge in [-0.3, -0.25) is 0 Å². The van der Waals surface area contributed by atoms with E-state index < -0.39 is 0 Å². The Bertz CT molecular complexity index is 367. The number of nitrogen functional groups attached to an aromatic ring is 1.